The number of aromatic nitrogens is 2. The molecule has 3 aromatic rings. The lowest BCUT2D eigenvalue weighted by Crippen LogP contribution is -2.48. The van der Waals surface area contributed by atoms with Crippen LogP contribution < -0.4 is 14.8 Å². The number of carbonyl (C=O) groups is 2. The lowest BCUT2D eigenvalue weighted by atomic mass is 10.0. The van der Waals surface area contributed by atoms with Crippen molar-refractivity contribution in [3.05, 3.63) is 65.4 Å². The zero-order chi connectivity index (χ0) is 33.4. The number of alkyl halides is 3. The quantitative estimate of drug-likeness (QED) is 0.267. The van der Waals surface area contributed by atoms with E-state index in [1.807, 2.05) is 13.8 Å². The minimum Gasteiger partial charge on any atom is -0.461 e. The predicted octanol–water partition coefficient (Wildman–Crippen LogP) is 7.96. The van der Waals surface area contributed by atoms with Crippen LogP contribution in [0.3, 0.4) is 0 Å². The van der Waals surface area contributed by atoms with E-state index in [0.29, 0.717) is 24.8 Å². The van der Waals surface area contributed by atoms with Gasteiger partial charge in [-0.2, -0.15) is 9.78 Å². The number of nitrogens with one attached hydrogen (secondary N) is 1. The number of hydrogen-bond acceptors (Lipinski definition) is 6. The summed E-state index contributed by atoms with van der Waals surface area (Å²) in [6, 6.07) is 12.1. The summed E-state index contributed by atoms with van der Waals surface area (Å²) in [7, 11) is 0. The predicted molar refractivity (Wildman–Crippen MR) is 173 cm³/mol. The minimum atomic E-state index is -3.10. The van der Waals surface area contributed by atoms with Crippen LogP contribution in [0.4, 0.5) is 23.7 Å². The van der Waals surface area contributed by atoms with Crippen LogP contribution in [0.1, 0.15) is 82.8 Å². The molecule has 252 valence electrons. The smallest absolute Gasteiger partial charge is 0.416 e. The van der Waals surface area contributed by atoms with Crippen LogP contribution in [0.2, 0.25) is 0 Å². The van der Waals surface area contributed by atoms with E-state index in [0.717, 1.165) is 32.9 Å². The Morgan fingerprint density at radius 3 is 2.28 bits per heavy atom. The average molecular weight is 646 g/mol. The Morgan fingerprint density at radius 1 is 1.02 bits per heavy atom. The van der Waals surface area contributed by atoms with Gasteiger partial charge in [0.05, 0.1) is 11.4 Å². The molecule has 46 heavy (non-hydrogen) atoms. The Hall–Kier alpha value is -4.06. The molecule has 0 saturated carbocycles. The minimum absolute atomic E-state index is 0. The third-order valence-corrected chi connectivity index (χ3v) is 8.07. The van der Waals surface area contributed by atoms with Crippen LogP contribution in [0.5, 0.6) is 11.6 Å². The maximum Gasteiger partial charge on any atom is 0.416 e. The molecule has 2 fully saturated rings. The van der Waals surface area contributed by atoms with Gasteiger partial charge in [0.1, 0.15) is 11.3 Å². The highest BCUT2D eigenvalue weighted by atomic mass is 19.3. The van der Waals surface area contributed by atoms with Gasteiger partial charge < -0.3 is 24.6 Å². The van der Waals surface area contributed by atoms with Crippen LogP contribution in [0.25, 0.3) is 5.69 Å². The Bertz CT molecular complexity index is 1470. The summed E-state index contributed by atoms with van der Waals surface area (Å²) in [5.74, 6) is -3.61. The van der Waals surface area contributed by atoms with Gasteiger partial charge in [-0.05, 0) is 82.1 Å². The van der Waals surface area contributed by atoms with Crippen LogP contribution in [-0.4, -0.2) is 70.2 Å². The molecule has 2 saturated heterocycles. The standard InChI is InChI=1S/C32H38F3N5O4.C2H6.H2/c1-21-28(29(41)36-24-9-7-8-23(20-24)32(3,34)35)30(40(37-21)26-10-12-27(13-11-26)43-22(2)33)44-31(42)39-18-14-25(15-19-39)38-16-5-4-6-17-38;1-2;/h7-13,20,22,25H,4-6,14-19H2,1-3H3,(H,36,41);1-2H3;1H. The number of rotatable bonds is 8. The van der Waals surface area contributed by atoms with E-state index in [2.05, 4.69) is 15.3 Å². The molecule has 3 heterocycles. The normalized spacial score (nSPS) is 16.7. The molecule has 5 rings (SSSR count). The lowest BCUT2D eigenvalue weighted by Gasteiger charge is -2.39. The number of hydrogen-bond donors (Lipinski definition) is 1. The van der Waals surface area contributed by atoms with Gasteiger partial charge in [-0.1, -0.05) is 32.4 Å². The molecule has 2 amide bonds. The Labute approximate surface area is 270 Å². The fourth-order valence-electron chi connectivity index (χ4n) is 5.80. The Balaban J connectivity index is 0.00000196. The number of carbonyl (C=O) groups excluding carboxylic acids is 2. The van der Waals surface area contributed by atoms with E-state index < -0.39 is 24.3 Å². The van der Waals surface area contributed by atoms with Gasteiger partial charge in [0.2, 0.25) is 12.2 Å². The monoisotopic (exact) mass is 645 g/mol. The second-order valence-electron chi connectivity index (χ2n) is 11.4. The first-order chi connectivity index (χ1) is 22.0. The summed E-state index contributed by atoms with van der Waals surface area (Å²) in [6.07, 6.45) is 3.18. The Kier molecular flexibility index (Phi) is 11.7. The number of halogens is 3. The highest BCUT2D eigenvalue weighted by molar-refractivity contribution is 6.07. The molecule has 2 aliphatic heterocycles. The number of anilines is 1. The fraction of sp³-hybridized carbons (Fsp3) is 0.500. The molecule has 2 aliphatic rings. The van der Waals surface area contributed by atoms with Gasteiger partial charge in [0, 0.05) is 45.7 Å². The molecule has 1 atom stereocenters. The van der Waals surface area contributed by atoms with E-state index in [1.165, 1.54) is 67.3 Å². The van der Waals surface area contributed by atoms with Gasteiger partial charge in [-0.25, -0.2) is 18.0 Å². The molecule has 0 bridgehead atoms. The van der Waals surface area contributed by atoms with E-state index in [1.54, 1.807) is 24.0 Å². The van der Waals surface area contributed by atoms with Crippen molar-refractivity contribution in [1.82, 2.24) is 19.6 Å². The van der Waals surface area contributed by atoms with Gasteiger partial charge in [-0.15, -0.1) is 0 Å². The molecule has 0 spiro atoms. The highest BCUT2D eigenvalue weighted by Gasteiger charge is 2.32. The fourth-order valence-corrected chi connectivity index (χ4v) is 5.80. The zero-order valence-corrected chi connectivity index (χ0v) is 27.2. The zero-order valence-electron chi connectivity index (χ0n) is 27.2. The van der Waals surface area contributed by atoms with E-state index in [-0.39, 0.29) is 35.6 Å². The van der Waals surface area contributed by atoms with Crippen molar-refractivity contribution in [2.75, 3.05) is 31.5 Å². The highest BCUT2D eigenvalue weighted by Crippen LogP contribution is 2.32. The Morgan fingerprint density at radius 2 is 1.67 bits per heavy atom. The first-order valence-electron chi connectivity index (χ1n) is 16.0. The first-order valence-corrected chi connectivity index (χ1v) is 16.0. The van der Waals surface area contributed by atoms with Gasteiger partial charge >= 0.3 is 6.09 Å². The number of likely N-dealkylation sites (tertiary alicyclic amines) is 2. The summed E-state index contributed by atoms with van der Waals surface area (Å²) in [6.45, 7) is 10.8. The van der Waals surface area contributed by atoms with Crippen molar-refractivity contribution in [2.24, 2.45) is 0 Å². The SMILES string of the molecule is CC.Cc1nn(-c2ccc(OC(C)F)cc2)c(OC(=O)N2CCC(N3CCCCC3)CC2)c1C(=O)Nc1cccc(C(C)(F)F)c1.[HH]. The number of piperidine rings is 2. The van der Waals surface area contributed by atoms with E-state index in [4.69, 9.17) is 9.47 Å². The number of ether oxygens (including phenoxy) is 2. The van der Waals surface area contributed by atoms with Crippen molar-refractivity contribution in [2.45, 2.75) is 85.0 Å². The van der Waals surface area contributed by atoms with Gasteiger partial charge in [0.25, 0.3) is 11.8 Å². The molecule has 1 unspecified atom stereocenters. The summed E-state index contributed by atoms with van der Waals surface area (Å²) < 4.78 is 53.5. The molecule has 2 aromatic carbocycles. The van der Waals surface area contributed by atoms with Gasteiger partial charge in [0.15, 0.2) is 0 Å². The summed E-state index contributed by atoms with van der Waals surface area (Å²) in [5.41, 5.74) is 0.564. The van der Waals surface area contributed by atoms with Crippen molar-refractivity contribution >= 4 is 17.7 Å². The maximum absolute atomic E-state index is 13.9. The van der Waals surface area contributed by atoms with Crippen LogP contribution in [0, 0.1) is 6.92 Å². The third-order valence-electron chi connectivity index (χ3n) is 8.07. The molecule has 1 aromatic heterocycles. The molecular weight excluding hydrogens is 599 g/mol. The topological polar surface area (TPSA) is 88.9 Å². The van der Waals surface area contributed by atoms with Crippen LogP contribution in [-0.2, 0) is 5.92 Å². The second kappa shape index (κ2) is 15.5. The summed E-state index contributed by atoms with van der Waals surface area (Å²) >= 11 is 0. The number of aryl methyl sites for hydroxylation is 1. The van der Waals surface area contributed by atoms with Gasteiger partial charge in [-0.3, -0.25) is 4.79 Å². The molecule has 1 N–H and O–H groups in total. The maximum atomic E-state index is 13.9. The van der Waals surface area contributed by atoms with E-state index in [9.17, 15) is 22.8 Å². The summed E-state index contributed by atoms with van der Waals surface area (Å²) in [4.78, 5) is 31.2. The lowest BCUT2D eigenvalue weighted by molar-refractivity contribution is 0.0175. The molecule has 0 aliphatic carbocycles. The number of nitrogens with zero attached hydrogens (tertiary/aromatic N) is 4. The molecule has 9 nitrogen and oxygen atoms in total. The molecular formula is C34H46F3N5O4. The van der Waals surface area contributed by atoms with Crippen molar-refractivity contribution in [1.29, 1.82) is 0 Å². The average Bonchev–Trinajstić information content (AvgIpc) is 3.37. The first kappa shape index (κ1) is 34.8. The van der Waals surface area contributed by atoms with Crippen molar-refractivity contribution in [3.8, 4) is 17.3 Å². The number of amides is 2. The third kappa shape index (κ3) is 8.60. The van der Waals surface area contributed by atoms with E-state index >= 15 is 0 Å². The van der Waals surface area contributed by atoms with Crippen LogP contribution >= 0.6 is 0 Å². The van der Waals surface area contributed by atoms with Crippen molar-refractivity contribution < 1.29 is 33.7 Å². The number of benzene rings is 2. The van der Waals surface area contributed by atoms with Crippen molar-refractivity contribution in [3.63, 3.8) is 0 Å². The summed E-state index contributed by atoms with van der Waals surface area (Å²) in [5, 5.41) is 7.13. The molecule has 12 heteroatoms. The molecule has 0 radical (unpaired) electrons. The second-order valence-corrected chi connectivity index (χ2v) is 11.4. The van der Waals surface area contributed by atoms with Crippen LogP contribution in [0.15, 0.2) is 48.5 Å². The largest absolute Gasteiger partial charge is 0.461 e.